The minimum atomic E-state index is 0.0180. The van der Waals surface area contributed by atoms with E-state index in [-0.39, 0.29) is 11.8 Å². The Morgan fingerprint density at radius 3 is 2.52 bits per heavy atom. The summed E-state index contributed by atoms with van der Waals surface area (Å²) in [5.74, 6) is 0.198. The van der Waals surface area contributed by atoms with Gasteiger partial charge in [-0.25, -0.2) is 0 Å². The van der Waals surface area contributed by atoms with E-state index in [2.05, 4.69) is 10.2 Å². The van der Waals surface area contributed by atoms with E-state index in [1.54, 1.807) is 4.90 Å². The number of anilines is 2. The molecule has 0 spiro atoms. The third-order valence-electron chi connectivity index (χ3n) is 4.88. The first-order valence-electron chi connectivity index (χ1n) is 8.54. The van der Waals surface area contributed by atoms with Crippen LogP contribution >= 0.6 is 0 Å². The molecule has 2 aliphatic rings. The van der Waals surface area contributed by atoms with Crippen molar-refractivity contribution in [1.29, 1.82) is 0 Å². The molecule has 1 heterocycles. The molecule has 124 valence electrons. The molecule has 1 saturated carbocycles. The van der Waals surface area contributed by atoms with Gasteiger partial charge >= 0.3 is 0 Å². The number of carbonyl (C=O) groups excluding carboxylic acids is 2. The third kappa shape index (κ3) is 3.91. The van der Waals surface area contributed by atoms with Crippen molar-refractivity contribution < 1.29 is 9.59 Å². The molecule has 1 aromatic carbocycles. The molecule has 0 unspecified atom stereocenters. The van der Waals surface area contributed by atoms with Gasteiger partial charge in [0.25, 0.3) is 0 Å². The molecule has 0 atom stereocenters. The Bertz CT molecular complexity index is 564. The highest BCUT2D eigenvalue weighted by Crippen LogP contribution is 2.24. The second kappa shape index (κ2) is 7.13. The molecule has 2 amide bonds. The fraction of sp³-hybridized carbons (Fsp3) is 0.556. The summed E-state index contributed by atoms with van der Waals surface area (Å²) in [6, 6.07) is 8.09. The summed E-state index contributed by atoms with van der Waals surface area (Å²) >= 11 is 0. The number of nitrogens with zero attached hydrogens (tertiary/aromatic N) is 2. The van der Waals surface area contributed by atoms with E-state index in [0.29, 0.717) is 19.0 Å². The Labute approximate surface area is 137 Å². The number of carbonyl (C=O) groups is 2. The van der Waals surface area contributed by atoms with E-state index in [1.807, 2.05) is 31.3 Å². The maximum absolute atomic E-state index is 12.2. The van der Waals surface area contributed by atoms with Crippen LogP contribution in [-0.4, -0.2) is 42.9 Å². The summed E-state index contributed by atoms with van der Waals surface area (Å²) in [6.07, 6.45) is 6.49. The highest BCUT2D eigenvalue weighted by molar-refractivity contribution is 5.96. The predicted octanol–water partition coefficient (Wildman–Crippen LogP) is 2.63. The second-order valence-electron chi connectivity index (χ2n) is 6.60. The number of amides is 2. The van der Waals surface area contributed by atoms with E-state index in [4.69, 9.17) is 0 Å². The van der Waals surface area contributed by atoms with Crippen molar-refractivity contribution in [2.75, 3.05) is 30.4 Å². The first-order chi connectivity index (χ1) is 11.1. The van der Waals surface area contributed by atoms with Crippen LogP contribution in [0.1, 0.15) is 38.5 Å². The molecule has 0 radical (unpaired) electrons. The average molecular weight is 315 g/mol. The lowest BCUT2D eigenvalue weighted by Gasteiger charge is -2.23. The van der Waals surface area contributed by atoms with Crippen LogP contribution in [0.4, 0.5) is 11.4 Å². The molecule has 1 aliphatic carbocycles. The van der Waals surface area contributed by atoms with E-state index in [9.17, 15) is 9.59 Å². The summed E-state index contributed by atoms with van der Waals surface area (Å²) in [5, 5.41) is 2.94. The van der Waals surface area contributed by atoms with Crippen molar-refractivity contribution in [3.8, 4) is 0 Å². The van der Waals surface area contributed by atoms with Crippen LogP contribution in [-0.2, 0) is 9.59 Å². The quantitative estimate of drug-likeness (QED) is 0.909. The molecule has 0 bridgehead atoms. The van der Waals surface area contributed by atoms with E-state index in [1.165, 1.54) is 25.7 Å². The van der Waals surface area contributed by atoms with Gasteiger partial charge in [0.15, 0.2) is 0 Å². The molecule has 1 N–H and O–H groups in total. The maximum Gasteiger partial charge on any atom is 0.238 e. The van der Waals surface area contributed by atoms with Crippen molar-refractivity contribution in [3.05, 3.63) is 24.3 Å². The second-order valence-corrected chi connectivity index (χ2v) is 6.60. The van der Waals surface area contributed by atoms with E-state index >= 15 is 0 Å². The number of hydrogen-bond acceptors (Lipinski definition) is 3. The Morgan fingerprint density at radius 1 is 1.22 bits per heavy atom. The van der Waals surface area contributed by atoms with Crippen molar-refractivity contribution in [2.24, 2.45) is 0 Å². The molecule has 23 heavy (non-hydrogen) atoms. The monoisotopic (exact) mass is 315 g/mol. The first kappa shape index (κ1) is 16.0. The van der Waals surface area contributed by atoms with Gasteiger partial charge in [-0.2, -0.15) is 0 Å². The van der Waals surface area contributed by atoms with E-state index in [0.717, 1.165) is 24.3 Å². The molecule has 3 rings (SSSR count). The smallest absolute Gasteiger partial charge is 0.238 e. The van der Waals surface area contributed by atoms with Crippen molar-refractivity contribution >= 4 is 23.2 Å². The Hall–Kier alpha value is -1.88. The van der Waals surface area contributed by atoms with Gasteiger partial charge in [0.2, 0.25) is 11.8 Å². The number of likely N-dealkylation sites (N-methyl/N-ethyl adjacent to an activating group) is 1. The zero-order chi connectivity index (χ0) is 16.2. The topological polar surface area (TPSA) is 52.7 Å². The molecule has 1 aromatic rings. The molecular weight excluding hydrogens is 290 g/mol. The Morgan fingerprint density at radius 2 is 1.91 bits per heavy atom. The maximum atomic E-state index is 12.2. The summed E-state index contributed by atoms with van der Waals surface area (Å²) in [6.45, 7) is 1.22. The number of nitrogens with one attached hydrogen (secondary N) is 1. The molecule has 5 nitrogen and oxygen atoms in total. The lowest BCUT2D eigenvalue weighted by molar-refractivity contribution is -0.118. The SMILES string of the molecule is CN(CC(=O)Nc1ccc(N2CCCC2=O)cc1)C1CCCC1. The number of benzene rings is 1. The first-order valence-corrected chi connectivity index (χ1v) is 8.54. The van der Waals surface area contributed by atoms with Gasteiger partial charge in [-0.05, 0) is 50.6 Å². The minimum Gasteiger partial charge on any atom is -0.325 e. The summed E-state index contributed by atoms with van der Waals surface area (Å²) in [7, 11) is 2.03. The molecule has 1 saturated heterocycles. The van der Waals surface area contributed by atoms with Crippen LogP contribution in [0.2, 0.25) is 0 Å². The van der Waals surface area contributed by atoms with Crippen LogP contribution in [0.5, 0.6) is 0 Å². The fourth-order valence-electron chi connectivity index (χ4n) is 3.55. The zero-order valence-electron chi connectivity index (χ0n) is 13.8. The lowest BCUT2D eigenvalue weighted by Crippen LogP contribution is -2.36. The van der Waals surface area contributed by atoms with Gasteiger partial charge in [-0.3, -0.25) is 14.5 Å². The molecule has 1 aliphatic heterocycles. The fourth-order valence-corrected chi connectivity index (χ4v) is 3.55. The van der Waals surface area contributed by atoms with E-state index < -0.39 is 0 Å². The number of rotatable bonds is 5. The molecular formula is C18H25N3O2. The van der Waals surface area contributed by atoms with Crippen molar-refractivity contribution in [2.45, 2.75) is 44.6 Å². The Kier molecular flexibility index (Phi) is 4.96. The van der Waals surface area contributed by atoms with Crippen LogP contribution in [0, 0.1) is 0 Å². The van der Waals surface area contributed by atoms with Gasteiger partial charge in [-0.15, -0.1) is 0 Å². The van der Waals surface area contributed by atoms with Crippen LogP contribution in [0.15, 0.2) is 24.3 Å². The minimum absolute atomic E-state index is 0.0180. The van der Waals surface area contributed by atoms with Gasteiger partial charge < -0.3 is 10.2 Å². The van der Waals surface area contributed by atoms with Gasteiger partial charge in [0.05, 0.1) is 6.54 Å². The van der Waals surface area contributed by atoms with Crippen molar-refractivity contribution in [3.63, 3.8) is 0 Å². The normalized spacial score (nSPS) is 18.9. The molecule has 5 heteroatoms. The summed E-state index contributed by atoms with van der Waals surface area (Å²) in [5.41, 5.74) is 1.69. The van der Waals surface area contributed by atoms with Crippen LogP contribution in [0.3, 0.4) is 0 Å². The van der Waals surface area contributed by atoms with Gasteiger partial charge in [0, 0.05) is 30.4 Å². The average Bonchev–Trinajstić information content (AvgIpc) is 3.19. The van der Waals surface area contributed by atoms with Gasteiger partial charge in [0.1, 0.15) is 0 Å². The highest BCUT2D eigenvalue weighted by Gasteiger charge is 2.22. The largest absolute Gasteiger partial charge is 0.325 e. The number of hydrogen-bond donors (Lipinski definition) is 1. The zero-order valence-corrected chi connectivity index (χ0v) is 13.8. The molecule has 0 aromatic heterocycles. The third-order valence-corrected chi connectivity index (χ3v) is 4.88. The summed E-state index contributed by atoms with van der Waals surface area (Å²) < 4.78 is 0. The van der Waals surface area contributed by atoms with Crippen LogP contribution in [0.25, 0.3) is 0 Å². The highest BCUT2D eigenvalue weighted by atomic mass is 16.2. The molecule has 2 fully saturated rings. The predicted molar refractivity (Wildman–Crippen MR) is 91.5 cm³/mol. The lowest BCUT2D eigenvalue weighted by atomic mass is 10.2. The van der Waals surface area contributed by atoms with Crippen molar-refractivity contribution in [1.82, 2.24) is 4.90 Å². The van der Waals surface area contributed by atoms with Gasteiger partial charge in [-0.1, -0.05) is 12.8 Å². The van der Waals surface area contributed by atoms with Crippen LogP contribution < -0.4 is 10.2 Å². The summed E-state index contributed by atoms with van der Waals surface area (Å²) in [4.78, 5) is 27.8. The Balaban J connectivity index is 1.53. The standard InChI is InChI=1S/C18H25N3O2/c1-20(15-5-2-3-6-15)13-17(22)19-14-8-10-16(11-9-14)21-12-4-7-18(21)23/h8-11,15H,2-7,12-13H2,1H3,(H,19,22).